The first-order valence-electron chi connectivity index (χ1n) is 13.4. The van der Waals surface area contributed by atoms with Crippen molar-refractivity contribution in [3.63, 3.8) is 0 Å². The average molecular weight is 582 g/mol. The van der Waals surface area contributed by atoms with E-state index >= 15 is 0 Å². The molecule has 1 fully saturated rings. The predicted molar refractivity (Wildman–Crippen MR) is 148 cm³/mol. The second-order valence-corrected chi connectivity index (χ2v) is 13.2. The van der Waals surface area contributed by atoms with E-state index in [0.29, 0.717) is 40.3 Å². The van der Waals surface area contributed by atoms with Crippen molar-refractivity contribution in [1.29, 1.82) is 0 Å². The van der Waals surface area contributed by atoms with Gasteiger partial charge in [-0.05, 0) is 63.4 Å². The van der Waals surface area contributed by atoms with Crippen molar-refractivity contribution in [2.75, 3.05) is 25.2 Å². The highest BCUT2D eigenvalue weighted by atomic mass is 32.2. The molecule has 2 aromatic heterocycles. The molecule has 0 bridgehead atoms. The van der Waals surface area contributed by atoms with Crippen molar-refractivity contribution >= 4 is 26.8 Å². The fraction of sp³-hybridized carbons (Fsp3) is 0.536. The van der Waals surface area contributed by atoms with Crippen molar-refractivity contribution in [3.8, 4) is 11.3 Å². The van der Waals surface area contributed by atoms with Crippen LogP contribution < -0.4 is 5.32 Å². The summed E-state index contributed by atoms with van der Waals surface area (Å²) in [7, 11) is 0.0771. The Balaban J connectivity index is 1.56. The van der Waals surface area contributed by atoms with Crippen molar-refractivity contribution < 1.29 is 26.0 Å². The lowest BCUT2D eigenvalue weighted by atomic mass is 9.90. The topological polar surface area (TPSA) is 88.1 Å². The monoisotopic (exact) mass is 581 g/mol. The van der Waals surface area contributed by atoms with Gasteiger partial charge in [0.2, 0.25) is 5.95 Å². The fourth-order valence-corrected chi connectivity index (χ4v) is 6.42. The molecule has 0 saturated heterocycles. The second-order valence-electron chi connectivity index (χ2n) is 11.1. The van der Waals surface area contributed by atoms with E-state index in [1.807, 2.05) is 19.9 Å². The summed E-state index contributed by atoms with van der Waals surface area (Å²) in [4.78, 5) is 16.2. The third kappa shape index (κ3) is 7.66. The molecular weight excluding hydrogens is 546 g/mol. The largest absolute Gasteiger partial charge is 0.390 e. The van der Waals surface area contributed by atoms with Crippen LogP contribution in [0.4, 0.5) is 23.5 Å². The standard InChI is InChI=1S/C28H35F4N5O2S/c1-17(2)22-14-24(18-5-6-19(23(29)13-18)16-40(38,39)12-11-28(30,31)32)35-25-15-33-27(36-26(22)25)34-20-7-9-21(10-8-20)37(3)4/h5-6,13-15,17,20-21H,7-12,16H2,1-4H3,(H,33,34,36). The lowest BCUT2D eigenvalue weighted by Gasteiger charge is -2.32. The van der Waals surface area contributed by atoms with Crippen LogP contribution in [-0.4, -0.2) is 66.4 Å². The first kappa shape index (κ1) is 30.1. The Morgan fingerprint density at radius 2 is 1.77 bits per heavy atom. The van der Waals surface area contributed by atoms with Crippen LogP contribution in [0.15, 0.2) is 30.5 Å². The van der Waals surface area contributed by atoms with Gasteiger partial charge < -0.3 is 10.2 Å². The summed E-state index contributed by atoms with van der Waals surface area (Å²) < 4.78 is 76.5. The molecule has 1 N–H and O–H groups in total. The SMILES string of the molecule is CC(C)c1cc(-c2ccc(CS(=O)(=O)CCC(F)(F)F)c(F)c2)nc2cnc(NC3CCC(N(C)C)CC3)nc12. The summed E-state index contributed by atoms with van der Waals surface area (Å²) >= 11 is 0. The van der Waals surface area contributed by atoms with E-state index in [1.165, 1.54) is 12.1 Å². The molecule has 0 spiro atoms. The van der Waals surface area contributed by atoms with Gasteiger partial charge >= 0.3 is 6.18 Å². The summed E-state index contributed by atoms with van der Waals surface area (Å²) in [6.45, 7) is 4.04. The lowest BCUT2D eigenvalue weighted by Crippen LogP contribution is -2.36. The van der Waals surface area contributed by atoms with E-state index in [0.717, 1.165) is 37.3 Å². The Hall–Kier alpha value is -2.86. The molecule has 1 saturated carbocycles. The minimum absolute atomic E-state index is 0.0745. The van der Waals surface area contributed by atoms with Crippen LogP contribution in [0.5, 0.6) is 0 Å². The minimum Gasteiger partial charge on any atom is -0.351 e. The van der Waals surface area contributed by atoms with Gasteiger partial charge in [-0.2, -0.15) is 13.2 Å². The highest BCUT2D eigenvalue weighted by Crippen LogP contribution is 2.31. The number of anilines is 1. The Labute approximate surface area is 232 Å². The van der Waals surface area contributed by atoms with Crippen LogP contribution in [0.2, 0.25) is 0 Å². The molecule has 3 aromatic rings. The smallest absolute Gasteiger partial charge is 0.351 e. The van der Waals surface area contributed by atoms with Gasteiger partial charge in [0.25, 0.3) is 0 Å². The van der Waals surface area contributed by atoms with Gasteiger partial charge in [0.05, 0.1) is 35.3 Å². The molecule has 7 nitrogen and oxygen atoms in total. The summed E-state index contributed by atoms with van der Waals surface area (Å²) in [5.41, 5.74) is 2.84. The van der Waals surface area contributed by atoms with E-state index in [-0.39, 0.29) is 11.5 Å². The molecule has 40 heavy (non-hydrogen) atoms. The Bertz CT molecular complexity index is 1450. The number of alkyl halides is 3. The van der Waals surface area contributed by atoms with Gasteiger partial charge in [-0.1, -0.05) is 26.0 Å². The van der Waals surface area contributed by atoms with E-state index in [1.54, 1.807) is 6.20 Å². The Kier molecular flexibility index (Phi) is 8.99. The summed E-state index contributed by atoms with van der Waals surface area (Å²) in [5, 5.41) is 3.46. The van der Waals surface area contributed by atoms with Crippen LogP contribution in [0.3, 0.4) is 0 Å². The highest BCUT2D eigenvalue weighted by Gasteiger charge is 2.30. The van der Waals surface area contributed by atoms with Crippen LogP contribution in [0, 0.1) is 5.82 Å². The maximum Gasteiger partial charge on any atom is 0.390 e. The maximum absolute atomic E-state index is 14.9. The summed E-state index contributed by atoms with van der Waals surface area (Å²) in [6, 6.07) is 6.68. The van der Waals surface area contributed by atoms with E-state index in [9.17, 15) is 26.0 Å². The number of aromatic nitrogens is 3. The first-order chi connectivity index (χ1) is 18.7. The van der Waals surface area contributed by atoms with Crippen molar-refractivity contribution in [2.24, 2.45) is 0 Å². The van der Waals surface area contributed by atoms with Crippen LogP contribution in [-0.2, 0) is 15.6 Å². The zero-order chi connectivity index (χ0) is 29.2. The molecule has 2 heterocycles. The molecule has 1 aromatic carbocycles. The predicted octanol–water partition coefficient (Wildman–Crippen LogP) is 6.11. The van der Waals surface area contributed by atoms with E-state index < -0.39 is 39.8 Å². The van der Waals surface area contributed by atoms with Gasteiger partial charge in [0.15, 0.2) is 9.84 Å². The first-order valence-corrected chi connectivity index (χ1v) is 15.2. The molecular formula is C28H35F4N5O2S. The molecule has 218 valence electrons. The zero-order valence-corrected chi connectivity index (χ0v) is 23.9. The zero-order valence-electron chi connectivity index (χ0n) is 23.1. The second kappa shape index (κ2) is 11.9. The molecule has 0 unspecified atom stereocenters. The van der Waals surface area contributed by atoms with Crippen LogP contribution in [0.25, 0.3) is 22.3 Å². The quantitative estimate of drug-likeness (QED) is 0.305. The molecule has 1 aliphatic carbocycles. The molecule has 0 aliphatic heterocycles. The van der Waals surface area contributed by atoms with Crippen LogP contribution >= 0.6 is 0 Å². The number of halogens is 4. The number of pyridine rings is 1. The maximum atomic E-state index is 14.9. The Morgan fingerprint density at radius 1 is 1.07 bits per heavy atom. The van der Waals surface area contributed by atoms with E-state index in [2.05, 4.69) is 34.3 Å². The summed E-state index contributed by atoms with van der Waals surface area (Å²) in [6.07, 6.45) is -0.149. The number of rotatable bonds is 9. The van der Waals surface area contributed by atoms with Crippen molar-refractivity contribution in [3.05, 3.63) is 47.4 Å². The third-order valence-corrected chi connectivity index (χ3v) is 8.96. The van der Waals surface area contributed by atoms with Crippen molar-refractivity contribution in [1.82, 2.24) is 19.9 Å². The van der Waals surface area contributed by atoms with Gasteiger partial charge in [-0.3, -0.25) is 0 Å². The number of hydrogen-bond acceptors (Lipinski definition) is 7. The molecule has 4 rings (SSSR count). The van der Waals surface area contributed by atoms with Gasteiger partial charge in [0.1, 0.15) is 11.3 Å². The molecule has 0 atom stereocenters. The van der Waals surface area contributed by atoms with Gasteiger partial charge in [-0.25, -0.2) is 27.8 Å². The lowest BCUT2D eigenvalue weighted by molar-refractivity contribution is -0.129. The number of hydrogen-bond donors (Lipinski definition) is 1. The number of fused-ring (bicyclic) bond motifs is 1. The third-order valence-electron chi connectivity index (χ3n) is 7.38. The average Bonchev–Trinajstić information content (AvgIpc) is 2.88. The number of nitrogens with one attached hydrogen (secondary N) is 1. The molecule has 12 heteroatoms. The highest BCUT2D eigenvalue weighted by molar-refractivity contribution is 7.90. The number of sulfone groups is 1. The Morgan fingerprint density at radius 3 is 2.38 bits per heavy atom. The normalized spacial score (nSPS) is 18.6. The molecule has 1 aliphatic rings. The fourth-order valence-electron chi connectivity index (χ4n) is 5.03. The number of nitrogens with zero attached hydrogens (tertiary/aromatic N) is 4. The molecule has 0 amide bonds. The van der Waals surface area contributed by atoms with Crippen molar-refractivity contribution in [2.45, 2.75) is 75.9 Å². The molecule has 0 radical (unpaired) electrons. The number of benzene rings is 1. The van der Waals surface area contributed by atoms with Crippen LogP contribution in [0.1, 0.15) is 63.0 Å². The summed E-state index contributed by atoms with van der Waals surface area (Å²) in [5.74, 6) is -2.10. The van der Waals surface area contributed by atoms with E-state index in [4.69, 9.17) is 4.98 Å². The van der Waals surface area contributed by atoms with Gasteiger partial charge in [0, 0.05) is 23.2 Å². The minimum atomic E-state index is -4.60. The van der Waals surface area contributed by atoms with Gasteiger partial charge in [-0.15, -0.1) is 0 Å².